The average Bonchev–Trinajstić information content (AvgIpc) is 2.95. The van der Waals surface area contributed by atoms with Crippen molar-refractivity contribution in [1.29, 1.82) is 0 Å². The van der Waals surface area contributed by atoms with E-state index in [1.54, 1.807) is 12.4 Å². The lowest BCUT2D eigenvalue weighted by Crippen LogP contribution is -2.23. The Morgan fingerprint density at radius 1 is 1.25 bits per heavy atom. The summed E-state index contributed by atoms with van der Waals surface area (Å²) in [5.41, 5.74) is 0. The molecule has 20 heavy (non-hydrogen) atoms. The van der Waals surface area contributed by atoms with E-state index in [9.17, 15) is 0 Å². The van der Waals surface area contributed by atoms with Gasteiger partial charge >= 0.3 is 0 Å². The Kier molecular flexibility index (Phi) is 3.76. The van der Waals surface area contributed by atoms with Crippen LogP contribution in [0.2, 0.25) is 0 Å². The van der Waals surface area contributed by atoms with Crippen LogP contribution in [0.4, 0.5) is 5.82 Å². The lowest BCUT2D eigenvalue weighted by Gasteiger charge is -2.17. The highest BCUT2D eigenvalue weighted by Crippen LogP contribution is 2.22. The van der Waals surface area contributed by atoms with Gasteiger partial charge in [-0.15, -0.1) is 0 Å². The minimum absolute atomic E-state index is 0.540. The molecule has 1 aliphatic rings. The van der Waals surface area contributed by atoms with Gasteiger partial charge in [0, 0.05) is 37.6 Å². The summed E-state index contributed by atoms with van der Waals surface area (Å²) in [6, 6.07) is 5.75. The van der Waals surface area contributed by atoms with Crippen LogP contribution < -0.4 is 9.64 Å². The molecule has 0 spiro atoms. The molecule has 2 aromatic rings. The van der Waals surface area contributed by atoms with Crippen LogP contribution in [0.1, 0.15) is 12.2 Å². The fourth-order valence-electron chi connectivity index (χ4n) is 2.45. The van der Waals surface area contributed by atoms with Gasteiger partial charge in [0.2, 0.25) is 0 Å². The van der Waals surface area contributed by atoms with Crippen LogP contribution in [0.3, 0.4) is 0 Å². The van der Waals surface area contributed by atoms with E-state index in [4.69, 9.17) is 4.74 Å². The lowest BCUT2D eigenvalue weighted by atomic mass is 10.1. The maximum absolute atomic E-state index is 5.80. The molecule has 104 valence electrons. The highest BCUT2D eigenvalue weighted by molar-refractivity contribution is 5.38. The van der Waals surface area contributed by atoms with Crippen molar-refractivity contribution in [3.05, 3.63) is 42.6 Å². The lowest BCUT2D eigenvalue weighted by molar-refractivity contribution is 0.261. The Morgan fingerprint density at radius 3 is 2.90 bits per heavy atom. The van der Waals surface area contributed by atoms with Gasteiger partial charge in [-0.3, -0.25) is 4.98 Å². The molecule has 1 aliphatic heterocycles. The number of pyridine rings is 1. The molecule has 1 fully saturated rings. The van der Waals surface area contributed by atoms with E-state index >= 15 is 0 Å². The maximum atomic E-state index is 5.80. The van der Waals surface area contributed by atoms with E-state index in [0.717, 1.165) is 43.5 Å². The summed E-state index contributed by atoms with van der Waals surface area (Å²) >= 11 is 0. The molecule has 2 aromatic heterocycles. The molecule has 1 saturated heterocycles. The predicted molar refractivity (Wildman–Crippen MR) is 76.8 cm³/mol. The molecule has 0 radical (unpaired) electrons. The van der Waals surface area contributed by atoms with Gasteiger partial charge in [0.15, 0.2) is 0 Å². The number of ether oxygens (including phenoxy) is 1. The number of anilines is 1. The zero-order chi connectivity index (χ0) is 13.8. The first-order valence-corrected chi connectivity index (χ1v) is 6.89. The van der Waals surface area contributed by atoms with E-state index in [0.29, 0.717) is 5.92 Å². The summed E-state index contributed by atoms with van der Waals surface area (Å²) < 4.78 is 5.80. The van der Waals surface area contributed by atoms with Crippen LogP contribution in [-0.4, -0.2) is 34.6 Å². The van der Waals surface area contributed by atoms with Crippen molar-refractivity contribution in [2.45, 2.75) is 13.3 Å². The smallest absolute Gasteiger partial charge is 0.132 e. The van der Waals surface area contributed by atoms with Crippen molar-refractivity contribution < 1.29 is 4.74 Å². The molecule has 5 heteroatoms. The SMILES string of the molecule is Cc1nccc(N2CCC(COc3ccncc3)C2)n1. The summed E-state index contributed by atoms with van der Waals surface area (Å²) in [6.45, 7) is 4.68. The third kappa shape index (κ3) is 3.04. The van der Waals surface area contributed by atoms with Crippen LogP contribution in [0.15, 0.2) is 36.8 Å². The van der Waals surface area contributed by atoms with Gasteiger partial charge in [-0.05, 0) is 31.5 Å². The minimum Gasteiger partial charge on any atom is -0.493 e. The molecule has 1 unspecified atom stereocenters. The molecule has 0 aromatic carbocycles. The summed E-state index contributed by atoms with van der Waals surface area (Å²) in [6.07, 6.45) is 6.45. The summed E-state index contributed by atoms with van der Waals surface area (Å²) in [7, 11) is 0. The first-order valence-electron chi connectivity index (χ1n) is 6.89. The van der Waals surface area contributed by atoms with E-state index in [1.807, 2.05) is 31.3 Å². The fraction of sp³-hybridized carbons (Fsp3) is 0.400. The van der Waals surface area contributed by atoms with Crippen LogP contribution in [-0.2, 0) is 0 Å². The van der Waals surface area contributed by atoms with Gasteiger partial charge in [-0.2, -0.15) is 0 Å². The molecular weight excluding hydrogens is 252 g/mol. The Balaban J connectivity index is 1.55. The first-order chi connectivity index (χ1) is 9.81. The Hall–Kier alpha value is -2.17. The Bertz CT molecular complexity index is 561. The molecule has 3 heterocycles. The first kappa shape index (κ1) is 12.8. The minimum atomic E-state index is 0.540. The van der Waals surface area contributed by atoms with Crippen LogP contribution in [0.25, 0.3) is 0 Å². The Morgan fingerprint density at radius 2 is 2.10 bits per heavy atom. The molecule has 0 N–H and O–H groups in total. The molecule has 1 atom stereocenters. The Labute approximate surface area is 118 Å². The van der Waals surface area contributed by atoms with Crippen LogP contribution >= 0.6 is 0 Å². The van der Waals surface area contributed by atoms with Gasteiger partial charge in [-0.25, -0.2) is 9.97 Å². The fourth-order valence-corrected chi connectivity index (χ4v) is 2.45. The monoisotopic (exact) mass is 270 g/mol. The number of aromatic nitrogens is 3. The highest BCUT2D eigenvalue weighted by atomic mass is 16.5. The van der Waals surface area contributed by atoms with Gasteiger partial charge in [-0.1, -0.05) is 0 Å². The van der Waals surface area contributed by atoms with Crippen LogP contribution in [0.5, 0.6) is 5.75 Å². The molecule has 0 aliphatic carbocycles. The quantitative estimate of drug-likeness (QED) is 0.851. The van der Waals surface area contributed by atoms with Gasteiger partial charge in [0.1, 0.15) is 17.4 Å². The normalized spacial score (nSPS) is 18.2. The highest BCUT2D eigenvalue weighted by Gasteiger charge is 2.24. The second-order valence-corrected chi connectivity index (χ2v) is 5.06. The standard InChI is InChI=1S/C15H18N4O/c1-12-17-8-4-15(18-12)19-9-5-13(10-19)11-20-14-2-6-16-7-3-14/h2-4,6-8,13H,5,9-11H2,1H3. The topological polar surface area (TPSA) is 51.1 Å². The third-order valence-electron chi connectivity index (χ3n) is 3.51. The molecule has 0 bridgehead atoms. The van der Waals surface area contributed by atoms with Crippen molar-refractivity contribution in [3.8, 4) is 5.75 Å². The number of hydrogen-bond donors (Lipinski definition) is 0. The van der Waals surface area contributed by atoms with E-state index in [2.05, 4.69) is 19.9 Å². The molecule has 3 rings (SSSR count). The number of aryl methyl sites for hydroxylation is 1. The van der Waals surface area contributed by atoms with Crippen molar-refractivity contribution in [2.75, 3.05) is 24.6 Å². The maximum Gasteiger partial charge on any atom is 0.132 e. The summed E-state index contributed by atoms with van der Waals surface area (Å²) in [5, 5.41) is 0. The second kappa shape index (κ2) is 5.86. The molecule has 0 amide bonds. The molecule has 5 nitrogen and oxygen atoms in total. The molecular formula is C15H18N4O. The second-order valence-electron chi connectivity index (χ2n) is 5.06. The number of nitrogens with zero attached hydrogens (tertiary/aromatic N) is 4. The van der Waals surface area contributed by atoms with Crippen molar-refractivity contribution >= 4 is 5.82 Å². The van der Waals surface area contributed by atoms with E-state index < -0.39 is 0 Å². The molecule has 0 saturated carbocycles. The van der Waals surface area contributed by atoms with Crippen LogP contribution in [0, 0.1) is 12.8 Å². The number of hydrogen-bond acceptors (Lipinski definition) is 5. The zero-order valence-corrected chi connectivity index (χ0v) is 11.6. The van der Waals surface area contributed by atoms with Crippen molar-refractivity contribution in [2.24, 2.45) is 5.92 Å². The van der Waals surface area contributed by atoms with Gasteiger partial charge in [0.25, 0.3) is 0 Å². The number of rotatable bonds is 4. The van der Waals surface area contributed by atoms with Gasteiger partial charge in [0.05, 0.1) is 6.61 Å². The van der Waals surface area contributed by atoms with Crippen molar-refractivity contribution in [3.63, 3.8) is 0 Å². The van der Waals surface area contributed by atoms with Crippen molar-refractivity contribution in [1.82, 2.24) is 15.0 Å². The summed E-state index contributed by atoms with van der Waals surface area (Å²) in [4.78, 5) is 14.9. The van der Waals surface area contributed by atoms with E-state index in [1.165, 1.54) is 0 Å². The largest absolute Gasteiger partial charge is 0.493 e. The van der Waals surface area contributed by atoms with Gasteiger partial charge < -0.3 is 9.64 Å². The summed E-state index contributed by atoms with van der Waals surface area (Å²) in [5.74, 6) is 3.26. The zero-order valence-electron chi connectivity index (χ0n) is 11.6. The predicted octanol–water partition coefficient (Wildman–Crippen LogP) is 2.09. The van der Waals surface area contributed by atoms with E-state index in [-0.39, 0.29) is 0 Å². The third-order valence-corrected chi connectivity index (χ3v) is 3.51. The average molecular weight is 270 g/mol.